The Bertz CT molecular complexity index is 2140. The van der Waals surface area contributed by atoms with Crippen molar-refractivity contribution in [2.45, 2.75) is 12.8 Å². The summed E-state index contributed by atoms with van der Waals surface area (Å²) >= 11 is 7.10. The van der Waals surface area contributed by atoms with E-state index in [9.17, 15) is 9.59 Å². The van der Waals surface area contributed by atoms with Gasteiger partial charge in [-0.1, -0.05) is 40.2 Å². The molecule has 10 nitrogen and oxygen atoms in total. The number of aromatic nitrogens is 4. The van der Waals surface area contributed by atoms with Crippen LogP contribution in [-0.4, -0.2) is 32.7 Å². The number of esters is 1. The summed E-state index contributed by atoms with van der Waals surface area (Å²) in [6.07, 6.45) is 1.53. The smallest absolute Gasteiger partial charge is 0.344 e. The van der Waals surface area contributed by atoms with Crippen molar-refractivity contribution in [3.8, 4) is 34.5 Å². The molecule has 12 heteroatoms. The van der Waals surface area contributed by atoms with Gasteiger partial charge in [0.15, 0.2) is 28.7 Å². The van der Waals surface area contributed by atoms with E-state index < -0.39 is 17.5 Å². The van der Waals surface area contributed by atoms with Crippen LogP contribution in [0.3, 0.4) is 0 Å². The van der Waals surface area contributed by atoms with E-state index >= 15 is 0 Å². The van der Waals surface area contributed by atoms with Crippen molar-refractivity contribution in [2.75, 3.05) is 7.11 Å². The van der Waals surface area contributed by atoms with Crippen molar-refractivity contribution in [3.05, 3.63) is 103 Å². The topological polar surface area (TPSA) is 118 Å². The van der Waals surface area contributed by atoms with E-state index in [4.69, 9.17) is 23.6 Å². The maximum Gasteiger partial charge on any atom is 0.344 e. The van der Waals surface area contributed by atoms with E-state index in [0.29, 0.717) is 43.8 Å². The molecular weight excluding hydrogens is 672 g/mol. The van der Waals surface area contributed by atoms with Crippen LogP contribution in [0.1, 0.15) is 29.5 Å². The van der Waals surface area contributed by atoms with Crippen LogP contribution < -0.4 is 19.8 Å². The highest BCUT2D eigenvalue weighted by Crippen LogP contribution is 2.51. The van der Waals surface area contributed by atoms with Crippen molar-refractivity contribution >= 4 is 54.4 Å². The number of hydrogen-bond donors (Lipinski definition) is 0. The van der Waals surface area contributed by atoms with Crippen LogP contribution in [-0.2, 0) is 4.79 Å². The van der Waals surface area contributed by atoms with Crippen LogP contribution in [0.25, 0.3) is 28.0 Å². The first-order valence-corrected chi connectivity index (χ1v) is 14.2. The molecule has 1 atom stereocenters. The Morgan fingerprint density at radius 3 is 2.60 bits per heavy atom. The summed E-state index contributed by atoms with van der Waals surface area (Å²) in [5.74, 6) is 0.267. The van der Waals surface area contributed by atoms with Gasteiger partial charge in [-0.2, -0.15) is 0 Å². The minimum Gasteiger partial charge on any atom is -0.493 e. The zero-order valence-electron chi connectivity index (χ0n) is 21.9. The number of para-hydroxylation sites is 1. The third kappa shape index (κ3) is 4.17. The number of rotatable bonds is 4. The van der Waals surface area contributed by atoms with E-state index in [2.05, 4.69) is 41.9 Å². The fraction of sp³-hybridized carbons (Fsp3) is 0.100. The summed E-state index contributed by atoms with van der Waals surface area (Å²) in [7, 11) is 1.47. The Hall–Kier alpha value is -4.55. The average Bonchev–Trinajstić information content (AvgIpc) is 3.41. The van der Waals surface area contributed by atoms with E-state index in [0.717, 1.165) is 10.0 Å². The molecule has 0 fully saturated rings. The van der Waals surface area contributed by atoms with Crippen LogP contribution in [0.15, 0.2) is 85.1 Å². The van der Waals surface area contributed by atoms with E-state index in [-0.39, 0.29) is 22.9 Å². The first kappa shape index (κ1) is 26.4. The molecule has 3 aromatic heterocycles. The second-order valence-electron chi connectivity index (χ2n) is 9.44. The average molecular weight is 690 g/mol. The molecule has 0 spiro atoms. The van der Waals surface area contributed by atoms with Crippen molar-refractivity contribution in [3.63, 3.8) is 0 Å². The predicted octanol–water partition coefficient (Wildman–Crippen LogP) is 6.64. The molecule has 0 N–H and O–H groups in total. The number of methoxy groups -OCH3 is 1. The van der Waals surface area contributed by atoms with Crippen molar-refractivity contribution < 1.29 is 23.4 Å². The maximum atomic E-state index is 13.7. The Morgan fingerprint density at radius 2 is 1.81 bits per heavy atom. The molecule has 0 saturated carbocycles. The quantitative estimate of drug-likeness (QED) is 0.114. The molecule has 1 aliphatic rings. The monoisotopic (exact) mass is 688 g/mol. The molecule has 3 aromatic carbocycles. The van der Waals surface area contributed by atoms with Crippen LogP contribution in [0.4, 0.5) is 0 Å². The van der Waals surface area contributed by atoms with Gasteiger partial charge >= 0.3 is 11.6 Å². The number of carbonyl (C=O) groups is 1. The van der Waals surface area contributed by atoms with Gasteiger partial charge in [-0.15, -0.1) is 5.10 Å². The molecule has 0 radical (unpaired) electrons. The van der Waals surface area contributed by atoms with Gasteiger partial charge in [0.25, 0.3) is 0 Å². The summed E-state index contributed by atoms with van der Waals surface area (Å²) in [5.41, 5.74) is 2.40. The van der Waals surface area contributed by atoms with Crippen molar-refractivity contribution in [2.24, 2.45) is 0 Å². The molecule has 7 rings (SSSR count). The number of ether oxygens (including phenoxy) is 3. The van der Waals surface area contributed by atoms with Crippen LogP contribution in [0.5, 0.6) is 23.1 Å². The molecule has 0 aliphatic carbocycles. The third-order valence-electron chi connectivity index (χ3n) is 6.91. The van der Waals surface area contributed by atoms with Gasteiger partial charge in [0, 0.05) is 17.0 Å². The number of halogens is 2. The highest BCUT2D eigenvalue weighted by molar-refractivity contribution is 9.11. The summed E-state index contributed by atoms with van der Waals surface area (Å²) in [6, 6.07) is 18.2. The SMILES string of the molecule is COc1cc(C2c3c(c4ccccc4oc3=O)Oc3ncn4nc(-c5ccccc5Br)nc4c32)cc(Br)c1OC(C)=O. The van der Waals surface area contributed by atoms with Gasteiger partial charge < -0.3 is 18.6 Å². The van der Waals surface area contributed by atoms with Crippen LogP contribution >= 0.6 is 31.9 Å². The molecule has 4 heterocycles. The lowest BCUT2D eigenvalue weighted by molar-refractivity contribution is -0.132. The molecule has 6 aromatic rings. The number of fused-ring (bicyclic) bond motifs is 6. The van der Waals surface area contributed by atoms with Gasteiger partial charge in [0.1, 0.15) is 11.9 Å². The van der Waals surface area contributed by atoms with Crippen LogP contribution in [0, 0.1) is 0 Å². The number of carbonyl (C=O) groups excluding carboxylic acids is 1. The standard InChI is InChI=1S/C30H18Br2N4O6/c1-14(37)40-26-19(32)11-15(12-21(26)39-2)22-23-25(17-8-4-6-10-20(17)41-30(23)38)42-29-24(22)28-34-27(35-36(28)13-33-29)16-7-3-5-9-18(16)31/h3-13,22H,1-2H3. The zero-order chi connectivity index (χ0) is 29.1. The normalized spacial score (nSPS) is 13.9. The minimum absolute atomic E-state index is 0.210. The lowest BCUT2D eigenvalue weighted by Crippen LogP contribution is -2.22. The van der Waals surface area contributed by atoms with Crippen molar-refractivity contribution in [1.82, 2.24) is 19.6 Å². The van der Waals surface area contributed by atoms with E-state index in [1.165, 1.54) is 20.4 Å². The number of nitrogens with zero attached hydrogens (tertiary/aromatic N) is 4. The van der Waals surface area contributed by atoms with Gasteiger partial charge in [-0.3, -0.25) is 4.79 Å². The predicted molar refractivity (Wildman–Crippen MR) is 159 cm³/mol. The third-order valence-corrected chi connectivity index (χ3v) is 8.19. The molecule has 42 heavy (non-hydrogen) atoms. The first-order valence-electron chi connectivity index (χ1n) is 12.6. The lowest BCUT2D eigenvalue weighted by atomic mass is 9.84. The van der Waals surface area contributed by atoms with Gasteiger partial charge in [-0.25, -0.2) is 19.3 Å². The summed E-state index contributed by atoms with van der Waals surface area (Å²) in [6.45, 7) is 1.30. The molecule has 1 aliphatic heterocycles. The molecule has 208 valence electrons. The molecule has 1 unspecified atom stereocenters. The number of benzene rings is 3. The van der Waals surface area contributed by atoms with E-state index in [1.54, 1.807) is 28.8 Å². The second-order valence-corrected chi connectivity index (χ2v) is 11.1. The minimum atomic E-state index is -0.770. The highest BCUT2D eigenvalue weighted by Gasteiger charge is 2.38. The Kier molecular flexibility index (Phi) is 6.32. The van der Waals surface area contributed by atoms with Gasteiger partial charge in [0.05, 0.1) is 34.0 Å². The van der Waals surface area contributed by atoms with Gasteiger partial charge in [-0.05, 0) is 57.9 Å². The summed E-state index contributed by atoms with van der Waals surface area (Å²) < 4.78 is 26.0. The van der Waals surface area contributed by atoms with Crippen molar-refractivity contribution in [1.29, 1.82) is 0 Å². The molecule has 0 amide bonds. The fourth-order valence-corrected chi connectivity index (χ4v) is 6.17. The first-order chi connectivity index (χ1) is 20.3. The molecular formula is C30H18Br2N4O6. The summed E-state index contributed by atoms with van der Waals surface area (Å²) in [4.78, 5) is 35.0. The highest BCUT2D eigenvalue weighted by atomic mass is 79.9. The fourth-order valence-electron chi connectivity index (χ4n) is 5.17. The zero-order valence-corrected chi connectivity index (χ0v) is 25.1. The second kappa shape index (κ2) is 10.1. The lowest BCUT2D eigenvalue weighted by Gasteiger charge is -2.28. The van der Waals surface area contributed by atoms with Crippen LogP contribution in [0.2, 0.25) is 0 Å². The molecule has 0 bridgehead atoms. The summed E-state index contributed by atoms with van der Waals surface area (Å²) in [5, 5.41) is 5.28. The Morgan fingerprint density at radius 1 is 1.02 bits per heavy atom. The van der Waals surface area contributed by atoms with Gasteiger partial charge in [0.2, 0.25) is 5.88 Å². The molecule has 0 saturated heterocycles. The van der Waals surface area contributed by atoms with E-state index in [1.807, 2.05) is 36.4 Å². The largest absolute Gasteiger partial charge is 0.493 e. The number of hydrogen-bond acceptors (Lipinski definition) is 9. The Labute approximate surface area is 254 Å². The maximum absolute atomic E-state index is 13.7. The Balaban J connectivity index is 1.55.